The van der Waals surface area contributed by atoms with Crippen LogP contribution in [0.4, 0.5) is 5.69 Å². The lowest BCUT2D eigenvalue weighted by atomic mass is 10.2. The van der Waals surface area contributed by atoms with Crippen LogP contribution in [-0.2, 0) is 9.84 Å². The number of rotatable bonds is 7. The molecule has 17 heavy (non-hydrogen) atoms. The third-order valence-electron chi connectivity index (χ3n) is 2.36. The Labute approximate surface area is 108 Å². The zero-order valence-corrected chi connectivity index (χ0v) is 11.5. The van der Waals surface area contributed by atoms with E-state index in [9.17, 15) is 8.42 Å². The van der Waals surface area contributed by atoms with Crippen LogP contribution in [0.5, 0.6) is 0 Å². The van der Waals surface area contributed by atoms with Gasteiger partial charge in [-0.1, -0.05) is 25.1 Å². The van der Waals surface area contributed by atoms with Crippen LogP contribution in [0.2, 0.25) is 0 Å². The number of alkyl halides is 1. The molecule has 5 heteroatoms. The lowest BCUT2D eigenvalue weighted by Crippen LogP contribution is -2.23. The normalized spacial score (nSPS) is 13.3. The molecule has 0 aromatic heterocycles. The summed E-state index contributed by atoms with van der Waals surface area (Å²) >= 11 is 5.45. The standard InChI is InChI=1S/C12H18ClNO2S/c1-11(10-17(15,16)8-7-13)9-14-12-5-3-2-4-6-12/h2-6,11,14H,7-10H2,1H3. The minimum atomic E-state index is -3.01. The first-order chi connectivity index (χ1) is 8.03. The summed E-state index contributed by atoms with van der Waals surface area (Å²) in [4.78, 5) is 0. The summed E-state index contributed by atoms with van der Waals surface area (Å²) in [5.74, 6) is 0.480. The van der Waals surface area contributed by atoms with Crippen molar-refractivity contribution >= 4 is 27.1 Å². The largest absolute Gasteiger partial charge is 0.385 e. The predicted octanol–water partition coefficient (Wildman–Crippen LogP) is 2.39. The first kappa shape index (κ1) is 14.3. The lowest BCUT2D eigenvalue weighted by molar-refractivity contribution is 0.579. The number of hydrogen-bond acceptors (Lipinski definition) is 3. The van der Waals surface area contributed by atoms with Gasteiger partial charge in [-0.05, 0) is 18.1 Å². The van der Waals surface area contributed by atoms with Gasteiger partial charge in [0.2, 0.25) is 0 Å². The van der Waals surface area contributed by atoms with E-state index in [1.807, 2.05) is 37.3 Å². The molecule has 0 aliphatic rings. The molecule has 0 radical (unpaired) electrons. The summed E-state index contributed by atoms with van der Waals surface area (Å²) in [7, 11) is -3.01. The van der Waals surface area contributed by atoms with Gasteiger partial charge in [0.1, 0.15) is 0 Å². The Morgan fingerprint density at radius 2 is 1.94 bits per heavy atom. The highest BCUT2D eigenvalue weighted by atomic mass is 35.5. The monoisotopic (exact) mass is 275 g/mol. The van der Waals surface area contributed by atoms with Crippen molar-refractivity contribution in [3.05, 3.63) is 30.3 Å². The molecule has 1 aromatic rings. The molecule has 1 aromatic carbocycles. The minimum Gasteiger partial charge on any atom is -0.385 e. The van der Waals surface area contributed by atoms with Crippen LogP contribution in [0.3, 0.4) is 0 Å². The number of nitrogens with one attached hydrogen (secondary N) is 1. The first-order valence-electron chi connectivity index (χ1n) is 5.59. The number of para-hydroxylation sites is 1. The van der Waals surface area contributed by atoms with Crippen molar-refractivity contribution in [2.24, 2.45) is 5.92 Å². The molecule has 96 valence electrons. The van der Waals surface area contributed by atoms with Crippen molar-refractivity contribution in [3.8, 4) is 0 Å². The summed E-state index contributed by atoms with van der Waals surface area (Å²) in [6.45, 7) is 2.56. The predicted molar refractivity (Wildman–Crippen MR) is 73.5 cm³/mol. The van der Waals surface area contributed by atoms with Gasteiger partial charge in [-0.2, -0.15) is 0 Å². The Kier molecular flexibility index (Phi) is 5.78. The highest BCUT2D eigenvalue weighted by Crippen LogP contribution is 2.08. The van der Waals surface area contributed by atoms with Crippen LogP contribution in [-0.4, -0.2) is 32.3 Å². The Bertz CT molecular complexity index is 419. The van der Waals surface area contributed by atoms with E-state index in [1.54, 1.807) is 0 Å². The second-order valence-corrected chi connectivity index (χ2v) is 6.76. The highest BCUT2D eigenvalue weighted by molar-refractivity contribution is 7.91. The maximum Gasteiger partial charge on any atom is 0.151 e. The van der Waals surface area contributed by atoms with Gasteiger partial charge in [-0.25, -0.2) is 8.42 Å². The van der Waals surface area contributed by atoms with Gasteiger partial charge in [-0.15, -0.1) is 11.6 Å². The molecular weight excluding hydrogens is 258 g/mol. The second-order valence-electron chi connectivity index (χ2n) is 4.16. The van der Waals surface area contributed by atoms with Crippen molar-refractivity contribution in [2.45, 2.75) is 6.92 Å². The number of sulfone groups is 1. The molecule has 0 fully saturated rings. The lowest BCUT2D eigenvalue weighted by Gasteiger charge is -2.13. The van der Waals surface area contributed by atoms with E-state index in [0.717, 1.165) is 5.69 Å². The summed E-state index contributed by atoms with van der Waals surface area (Å²) in [6, 6.07) is 9.74. The third kappa shape index (κ3) is 5.94. The molecular formula is C12H18ClNO2S. The molecule has 0 amide bonds. The van der Waals surface area contributed by atoms with E-state index in [1.165, 1.54) is 0 Å². The van der Waals surface area contributed by atoms with Crippen molar-refractivity contribution in [1.82, 2.24) is 0 Å². The fourth-order valence-electron chi connectivity index (χ4n) is 1.54. The summed E-state index contributed by atoms with van der Waals surface area (Å²) in [5, 5.41) is 3.21. The zero-order chi connectivity index (χ0) is 12.7. The topological polar surface area (TPSA) is 46.2 Å². The van der Waals surface area contributed by atoms with Crippen LogP contribution in [0, 0.1) is 5.92 Å². The molecule has 0 heterocycles. The SMILES string of the molecule is CC(CNc1ccccc1)CS(=O)(=O)CCCl. The molecule has 1 unspecified atom stereocenters. The van der Waals surface area contributed by atoms with Gasteiger partial charge < -0.3 is 5.32 Å². The molecule has 0 saturated heterocycles. The maximum atomic E-state index is 11.5. The molecule has 0 aliphatic carbocycles. The fraction of sp³-hybridized carbons (Fsp3) is 0.500. The average Bonchev–Trinajstić information content (AvgIpc) is 2.27. The van der Waals surface area contributed by atoms with E-state index >= 15 is 0 Å². The number of halogens is 1. The molecule has 0 aliphatic heterocycles. The number of benzene rings is 1. The van der Waals surface area contributed by atoms with E-state index < -0.39 is 9.84 Å². The van der Waals surface area contributed by atoms with E-state index in [4.69, 9.17) is 11.6 Å². The molecule has 1 N–H and O–H groups in total. The first-order valence-corrected chi connectivity index (χ1v) is 7.94. The molecule has 0 saturated carbocycles. The summed E-state index contributed by atoms with van der Waals surface area (Å²) in [6.07, 6.45) is 0. The minimum absolute atomic E-state index is 0.0598. The van der Waals surface area contributed by atoms with Crippen LogP contribution in [0.1, 0.15) is 6.92 Å². The molecule has 3 nitrogen and oxygen atoms in total. The second kappa shape index (κ2) is 6.87. The smallest absolute Gasteiger partial charge is 0.151 e. The highest BCUT2D eigenvalue weighted by Gasteiger charge is 2.14. The van der Waals surface area contributed by atoms with Crippen LogP contribution in [0.25, 0.3) is 0 Å². The van der Waals surface area contributed by atoms with Gasteiger partial charge in [0.25, 0.3) is 0 Å². The van der Waals surface area contributed by atoms with Gasteiger partial charge in [-0.3, -0.25) is 0 Å². The summed E-state index contributed by atoms with van der Waals surface area (Å²) < 4.78 is 23.1. The Morgan fingerprint density at radius 3 is 2.53 bits per heavy atom. The number of anilines is 1. The average molecular weight is 276 g/mol. The maximum absolute atomic E-state index is 11.5. The van der Waals surface area contributed by atoms with Crippen molar-refractivity contribution in [1.29, 1.82) is 0 Å². The zero-order valence-electron chi connectivity index (χ0n) is 9.90. The Morgan fingerprint density at radius 1 is 1.29 bits per heavy atom. The molecule has 1 atom stereocenters. The van der Waals surface area contributed by atoms with Crippen molar-refractivity contribution < 1.29 is 8.42 Å². The molecule has 0 spiro atoms. The van der Waals surface area contributed by atoms with Crippen LogP contribution in [0.15, 0.2) is 30.3 Å². The third-order valence-corrected chi connectivity index (χ3v) is 4.67. The molecule has 0 bridgehead atoms. The van der Waals surface area contributed by atoms with Gasteiger partial charge >= 0.3 is 0 Å². The van der Waals surface area contributed by atoms with E-state index in [0.29, 0.717) is 6.54 Å². The Balaban J connectivity index is 2.38. The quantitative estimate of drug-likeness (QED) is 0.777. The Hall–Kier alpha value is -0.740. The summed E-state index contributed by atoms with van der Waals surface area (Å²) in [5.41, 5.74) is 1.01. The van der Waals surface area contributed by atoms with Gasteiger partial charge in [0.05, 0.1) is 11.5 Å². The van der Waals surface area contributed by atoms with E-state index in [2.05, 4.69) is 5.32 Å². The van der Waals surface area contributed by atoms with Crippen molar-refractivity contribution in [3.63, 3.8) is 0 Å². The van der Waals surface area contributed by atoms with Crippen molar-refractivity contribution in [2.75, 3.05) is 29.2 Å². The van der Waals surface area contributed by atoms with Crippen LogP contribution < -0.4 is 5.32 Å². The molecule has 1 rings (SSSR count). The van der Waals surface area contributed by atoms with Gasteiger partial charge in [0, 0.05) is 18.1 Å². The van der Waals surface area contributed by atoms with Crippen LogP contribution >= 0.6 is 11.6 Å². The van der Waals surface area contributed by atoms with Gasteiger partial charge in [0.15, 0.2) is 9.84 Å². The van der Waals surface area contributed by atoms with E-state index in [-0.39, 0.29) is 23.3 Å². The fourth-order valence-corrected chi connectivity index (χ4v) is 3.63. The number of hydrogen-bond donors (Lipinski definition) is 1.